The maximum atomic E-state index is 5.26. The molecule has 0 aromatic heterocycles. The molecule has 0 amide bonds. The Kier molecular flexibility index (Phi) is 3.27. The van der Waals surface area contributed by atoms with Crippen LogP contribution in [-0.4, -0.2) is 19.7 Å². The van der Waals surface area contributed by atoms with Crippen molar-refractivity contribution in [1.82, 2.24) is 5.32 Å². The third kappa shape index (κ3) is 2.32. The molecule has 0 aliphatic heterocycles. The van der Waals surface area contributed by atoms with Crippen LogP contribution in [0.3, 0.4) is 0 Å². The minimum absolute atomic E-state index is 0.648. The largest absolute Gasteiger partial charge is 0.497 e. The van der Waals surface area contributed by atoms with Gasteiger partial charge in [-0.2, -0.15) is 0 Å². The Labute approximate surface area is 91.6 Å². The van der Waals surface area contributed by atoms with E-state index in [-0.39, 0.29) is 0 Å². The molecule has 0 saturated heterocycles. The van der Waals surface area contributed by atoms with Crippen LogP contribution in [0, 0.1) is 0 Å². The van der Waals surface area contributed by atoms with Gasteiger partial charge < -0.3 is 10.1 Å². The maximum Gasteiger partial charge on any atom is 0.119 e. The Morgan fingerprint density at radius 1 is 1.40 bits per heavy atom. The number of hydrogen-bond donors (Lipinski definition) is 1. The van der Waals surface area contributed by atoms with Crippen molar-refractivity contribution in [2.24, 2.45) is 0 Å². The van der Waals surface area contributed by atoms with Crippen molar-refractivity contribution in [2.75, 3.05) is 13.7 Å². The number of likely N-dealkylation sites (N-methyl/N-ethyl adjacent to an activating group) is 1. The summed E-state index contributed by atoms with van der Waals surface area (Å²) in [6.07, 6.45) is 3.59. The lowest BCUT2D eigenvalue weighted by Crippen LogP contribution is -2.34. The van der Waals surface area contributed by atoms with Gasteiger partial charge in [-0.3, -0.25) is 0 Å². The summed E-state index contributed by atoms with van der Waals surface area (Å²) in [5, 5.41) is 3.52. The molecule has 82 valence electrons. The number of benzene rings is 1. The van der Waals surface area contributed by atoms with Gasteiger partial charge in [0.1, 0.15) is 5.75 Å². The first-order chi connectivity index (χ1) is 7.33. The summed E-state index contributed by atoms with van der Waals surface area (Å²) >= 11 is 0. The van der Waals surface area contributed by atoms with Crippen LogP contribution in [0.5, 0.6) is 5.75 Å². The first-order valence-electron chi connectivity index (χ1n) is 5.72. The van der Waals surface area contributed by atoms with Gasteiger partial charge in [0.05, 0.1) is 7.11 Å². The second kappa shape index (κ2) is 4.67. The van der Waals surface area contributed by atoms with Crippen molar-refractivity contribution >= 4 is 0 Å². The fraction of sp³-hybridized carbons (Fsp3) is 0.538. The Bertz CT molecular complexity index is 335. The topological polar surface area (TPSA) is 21.3 Å². The number of methoxy groups -OCH3 is 1. The van der Waals surface area contributed by atoms with Gasteiger partial charge in [-0.15, -0.1) is 0 Å². The van der Waals surface area contributed by atoms with Gasteiger partial charge in [-0.1, -0.05) is 13.0 Å². The van der Waals surface area contributed by atoms with Gasteiger partial charge in [-0.05, 0) is 49.1 Å². The third-order valence-corrected chi connectivity index (χ3v) is 3.13. The van der Waals surface area contributed by atoms with Crippen LogP contribution in [0.15, 0.2) is 18.2 Å². The molecule has 1 unspecified atom stereocenters. The van der Waals surface area contributed by atoms with E-state index in [1.807, 2.05) is 0 Å². The van der Waals surface area contributed by atoms with Crippen LogP contribution >= 0.6 is 0 Å². The lowest BCUT2D eigenvalue weighted by atomic mass is 9.88. The minimum Gasteiger partial charge on any atom is -0.497 e. The molecule has 2 heteroatoms. The SMILES string of the molecule is CCNC1CCc2ccc(OC)cc2C1. The van der Waals surface area contributed by atoms with E-state index in [9.17, 15) is 0 Å². The van der Waals surface area contributed by atoms with Crippen molar-refractivity contribution in [3.8, 4) is 5.75 Å². The predicted molar refractivity (Wildman–Crippen MR) is 62.5 cm³/mol. The Morgan fingerprint density at radius 3 is 3.00 bits per heavy atom. The number of nitrogens with one attached hydrogen (secondary N) is 1. The van der Waals surface area contributed by atoms with Gasteiger partial charge in [0, 0.05) is 6.04 Å². The molecule has 2 rings (SSSR count). The van der Waals surface area contributed by atoms with Gasteiger partial charge >= 0.3 is 0 Å². The summed E-state index contributed by atoms with van der Waals surface area (Å²) < 4.78 is 5.26. The number of ether oxygens (including phenoxy) is 1. The molecule has 1 aromatic carbocycles. The van der Waals surface area contributed by atoms with Crippen molar-refractivity contribution in [2.45, 2.75) is 32.2 Å². The Morgan fingerprint density at radius 2 is 2.27 bits per heavy atom. The molecule has 0 spiro atoms. The normalized spacial score (nSPS) is 19.7. The van der Waals surface area contributed by atoms with E-state index in [1.165, 1.54) is 24.0 Å². The van der Waals surface area contributed by atoms with E-state index in [1.54, 1.807) is 7.11 Å². The number of aryl methyl sites for hydroxylation is 1. The highest BCUT2D eigenvalue weighted by Gasteiger charge is 2.17. The van der Waals surface area contributed by atoms with E-state index in [0.29, 0.717) is 6.04 Å². The zero-order valence-electron chi connectivity index (χ0n) is 9.55. The quantitative estimate of drug-likeness (QED) is 0.816. The average Bonchev–Trinajstić information content (AvgIpc) is 2.28. The van der Waals surface area contributed by atoms with Crippen molar-refractivity contribution in [3.63, 3.8) is 0 Å². The summed E-state index contributed by atoms with van der Waals surface area (Å²) in [7, 11) is 1.73. The van der Waals surface area contributed by atoms with E-state index in [2.05, 4.69) is 30.4 Å². The summed E-state index contributed by atoms with van der Waals surface area (Å²) in [6, 6.07) is 7.09. The molecule has 1 aromatic rings. The molecule has 1 atom stereocenters. The zero-order valence-corrected chi connectivity index (χ0v) is 9.55. The van der Waals surface area contributed by atoms with Crippen LogP contribution in [0.25, 0.3) is 0 Å². The lowest BCUT2D eigenvalue weighted by molar-refractivity contribution is 0.411. The van der Waals surface area contributed by atoms with Gasteiger partial charge in [-0.25, -0.2) is 0 Å². The molecular formula is C13H19NO. The Hall–Kier alpha value is -1.02. The number of hydrogen-bond acceptors (Lipinski definition) is 2. The van der Waals surface area contributed by atoms with Crippen LogP contribution in [0.2, 0.25) is 0 Å². The first kappa shape index (κ1) is 10.5. The molecule has 0 radical (unpaired) electrons. The summed E-state index contributed by atoms with van der Waals surface area (Å²) in [6.45, 7) is 3.23. The monoisotopic (exact) mass is 205 g/mol. The van der Waals surface area contributed by atoms with Crippen molar-refractivity contribution in [1.29, 1.82) is 0 Å². The molecule has 15 heavy (non-hydrogen) atoms. The zero-order chi connectivity index (χ0) is 10.7. The first-order valence-corrected chi connectivity index (χ1v) is 5.72. The second-order valence-corrected chi connectivity index (χ2v) is 4.13. The standard InChI is InChI=1S/C13H19NO/c1-3-14-12-6-4-10-5-7-13(15-2)9-11(10)8-12/h5,7,9,12,14H,3-4,6,8H2,1-2H3. The number of rotatable bonds is 3. The van der Waals surface area contributed by atoms with Crippen LogP contribution < -0.4 is 10.1 Å². The molecule has 0 fully saturated rings. The summed E-state index contributed by atoms with van der Waals surface area (Å²) in [5.41, 5.74) is 2.94. The molecular weight excluding hydrogens is 186 g/mol. The highest BCUT2D eigenvalue weighted by atomic mass is 16.5. The third-order valence-electron chi connectivity index (χ3n) is 3.13. The van der Waals surface area contributed by atoms with Gasteiger partial charge in [0.2, 0.25) is 0 Å². The fourth-order valence-corrected chi connectivity index (χ4v) is 2.32. The molecule has 1 N–H and O–H groups in total. The number of fused-ring (bicyclic) bond motifs is 1. The fourth-order valence-electron chi connectivity index (χ4n) is 2.32. The van der Waals surface area contributed by atoms with E-state index in [0.717, 1.165) is 18.7 Å². The van der Waals surface area contributed by atoms with Crippen molar-refractivity contribution < 1.29 is 4.74 Å². The van der Waals surface area contributed by atoms with Crippen LogP contribution in [0.4, 0.5) is 0 Å². The molecule has 0 saturated carbocycles. The molecule has 0 bridgehead atoms. The van der Waals surface area contributed by atoms with Crippen LogP contribution in [-0.2, 0) is 12.8 Å². The maximum absolute atomic E-state index is 5.26. The van der Waals surface area contributed by atoms with E-state index < -0.39 is 0 Å². The van der Waals surface area contributed by atoms with Crippen LogP contribution in [0.1, 0.15) is 24.5 Å². The van der Waals surface area contributed by atoms with Gasteiger partial charge in [0.15, 0.2) is 0 Å². The molecule has 1 aliphatic rings. The van der Waals surface area contributed by atoms with E-state index in [4.69, 9.17) is 4.74 Å². The smallest absolute Gasteiger partial charge is 0.119 e. The summed E-state index contributed by atoms with van der Waals surface area (Å²) in [5.74, 6) is 0.978. The highest BCUT2D eigenvalue weighted by Crippen LogP contribution is 2.25. The molecule has 1 aliphatic carbocycles. The Balaban J connectivity index is 2.16. The minimum atomic E-state index is 0.648. The molecule has 0 heterocycles. The van der Waals surface area contributed by atoms with Gasteiger partial charge in [0.25, 0.3) is 0 Å². The van der Waals surface area contributed by atoms with Crippen molar-refractivity contribution in [3.05, 3.63) is 29.3 Å². The second-order valence-electron chi connectivity index (χ2n) is 4.13. The van der Waals surface area contributed by atoms with E-state index >= 15 is 0 Å². The predicted octanol–water partition coefficient (Wildman–Crippen LogP) is 2.16. The molecule has 2 nitrogen and oxygen atoms in total. The highest BCUT2D eigenvalue weighted by molar-refractivity contribution is 5.37. The average molecular weight is 205 g/mol. The lowest BCUT2D eigenvalue weighted by Gasteiger charge is -2.25. The summed E-state index contributed by atoms with van der Waals surface area (Å²) in [4.78, 5) is 0.